The van der Waals surface area contributed by atoms with Crippen LogP contribution in [0.4, 0.5) is 5.69 Å². The Morgan fingerprint density at radius 2 is 2.07 bits per heavy atom. The molecule has 0 aliphatic carbocycles. The number of methoxy groups -OCH3 is 1. The van der Waals surface area contributed by atoms with Gasteiger partial charge in [-0.1, -0.05) is 0 Å². The minimum Gasteiger partial charge on any atom is -0.494 e. The highest BCUT2D eigenvalue weighted by Gasteiger charge is 2.15. The van der Waals surface area contributed by atoms with Crippen molar-refractivity contribution in [2.45, 2.75) is 13.8 Å². The van der Waals surface area contributed by atoms with Crippen molar-refractivity contribution in [1.82, 2.24) is 0 Å². The largest absolute Gasteiger partial charge is 0.494 e. The van der Waals surface area contributed by atoms with E-state index in [4.69, 9.17) is 9.47 Å². The number of fused-ring (bicyclic) bond motifs is 1. The summed E-state index contributed by atoms with van der Waals surface area (Å²) in [5, 5.41) is 3.22. The summed E-state index contributed by atoms with van der Waals surface area (Å²) in [7, 11) is 1.66. The first-order chi connectivity index (χ1) is 6.70. The van der Waals surface area contributed by atoms with Crippen molar-refractivity contribution in [1.29, 1.82) is 0 Å². The minimum atomic E-state index is 0.812. The van der Waals surface area contributed by atoms with Gasteiger partial charge >= 0.3 is 0 Å². The average Bonchev–Trinajstić information content (AvgIpc) is 2.17. The molecular weight excluding hydrogens is 178 g/mol. The summed E-state index contributed by atoms with van der Waals surface area (Å²) in [6, 6.07) is 3.96. The summed E-state index contributed by atoms with van der Waals surface area (Å²) >= 11 is 0. The number of aryl methyl sites for hydroxylation is 1. The summed E-state index contributed by atoms with van der Waals surface area (Å²) in [4.78, 5) is 0. The third kappa shape index (κ3) is 1.41. The van der Waals surface area contributed by atoms with Crippen molar-refractivity contribution in [2.75, 3.05) is 12.4 Å². The van der Waals surface area contributed by atoms with Gasteiger partial charge < -0.3 is 14.8 Å². The lowest BCUT2D eigenvalue weighted by Crippen LogP contribution is -2.07. The fraction of sp³-hybridized carbons (Fsp3) is 0.273. The van der Waals surface area contributed by atoms with Crippen molar-refractivity contribution in [3.63, 3.8) is 0 Å². The maximum atomic E-state index is 5.45. The first-order valence-corrected chi connectivity index (χ1v) is 4.50. The van der Waals surface area contributed by atoms with Crippen LogP contribution in [0.1, 0.15) is 12.5 Å². The van der Waals surface area contributed by atoms with E-state index in [2.05, 4.69) is 5.32 Å². The molecule has 0 radical (unpaired) electrons. The standard InChI is InChI=1S/C11H13NO2/c1-7-4-9(13-3)11-10(5-7)14-6-8(2)12-11/h4-6,12H,1-3H3. The van der Waals surface area contributed by atoms with E-state index in [1.807, 2.05) is 26.0 Å². The highest BCUT2D eigenvalue weighted by atomic mass is 16.5. The van der Waals surface area contributed by atoms with Crippen LogP contribution in [0, 0.1) is 6.92 Å². The lowest BCUT2D eigenvalue weighted by atomic mass is 10.1. The average molecular weight is 191 g/mol. The van der Waals surface area contributed by atoms with E-state index in [0.29, 0.717) is 0 Å². The van der Waals surface area contributed by atoms with E-state index < -0.39 is 0 Å². The Hall–Kier alpha value is -1.64. The van der Waals surface area contributed by atoms with Crippen LogP contribution < -0.4 is 14.8 Å². The molecule has 0 saturated heterocycles. The normalized spacial score (nSPS) is 13.5. The molecule has 3 nitrogen and oxygen atoms in total. The SMILES string of the molecule is COc1cc(C)cc2c1NC(C)=CO2. The summed E-state index contributed by atoms with van der Waals surface area (Å²) < 4.78 is 10.7. The zero-order chi connectivity index (χ0) is 10.1. The first-order valence-electron chi connectivity index (χ1n) is 4.50. The number of allylic oxidation sites excluding steroid dienone is 1. The predicted octanol–water partition coefficient (Wildman–Crippen LogP) is 2.67. The third-order valence-corrected chi connectivity index (χ3v) is 2.12. The van der Waals surface area contributed by atoms with Crippen LogP contribution in [-0.2, 0) is 0 Å². The fourth-order valence-corrected chi connectivity index (χ4v) is 1.48. The number of benzene rings is 1. The lowest BCUT2D eigenvalue weighted by molar-refractivity contribution is 0.408. The van der Waals surface area contributed by atoms with Gasteiger partial charge in [-0.25, -0.2) is 0 Å². The Morgan fingerprint density at radius 1 is 1.29 bits per heavy atom. The maximum Gasteiger partial charge on any atom is 0.154 e. The molecule has 1 N–H and O–H groups in total. The van der Waals surface area contributed by atoms with E-state index in [-0.39, 0.29) is 0 Å². The summed E-state index contributed by atoms with van der Waals surface area (Å²) in [6.07, 6.45) is 1.70. The van der Waals surface area contributed by atoms with E-state index in [0.717, 1.165) is 28.4 Å². The van der Waals surface area contributed by atoms with Gasteiger partial charge in [0.05, 0.1) is 7.11 Å². The van der Waals surface area contributed by atoms with Gasteiger partial charge in [-0.05, 0) is 31.5 Å². The van der Waals surface area contributed by atoms with E-state index >= 15 is 0 Å². The topological polar surface area (TPSA) is 30.5 Å². The second-order valence-electron chi connectivity index (χ2n) is 3.38. The van der Waals surface area contributed by atoms with Crippen molar-refractivity contribution in [3.8, 4) is 11.5 Å². The van der Waals surface area contributed by atoms with Crippen molar-refractivity contribution < 1.29 is 9.47 Å². The monoisotopic (exact) mass is 191 g/mol. The number of ether oxygens (including phenoxy) is 2. The molecule has 0 aromatic heterocycles. The summed E-state index contributed by atoms with van der Waals surface area (Å²) in [5.74, 6) is 1.62. The number of hydrogen-bond donors (Lipinski definition) is 1. The molecule has 0 fully saturated rings. The highest BCUT2D eigenvalue weighted by Crippen LogP contribution is 2.38. The third-order valence-electron chi connectivity index (χ3n) is 2.12. The number of anilines is 1. The highest BCUT2D eigenvalue weighted by molar-refractivity contribution is 5.70. The van der Waals surface area contributed by atoms with Gasteiger partial charge in [0.1, 0.15) is 17.7 Å². The number of rotatable bonds is 1. The van der Waals surface area contributed by atoms with Crippen LogP contribution >= 0.6 is 0 Å². The smallest absolute Gasteiger partial charge is 0.154 e. The number of hydrogen-bond acceptors (Lipinski definition) is 3. The second kappa shape index (κ2) is 3.25. The molecule has 14 heavy (non-hydrogen) atoms. The molecule has 0 atom stereocenters. The lowest BCUT2D eigenvalue weighted by Gasteiger charge is -2.20. The van der Waals surface area contributed by atoms with Gasteiger partial charge in [0.15, 0.2) is 5.75 Å². The van der Waals surface area contributed by atoms with Crippen molar-refractivity contribution in [3.05, 3.63) is 29.7 Å². The molecule has 0 bridgehead atoms. The molecule has 1 aliphatic heterocycles. The van der Waals surface area contributed by atoms with Crippen LogP contribution in [0.3, 0.4) is 0 Å². The van der Waals surface area contributed by atoms with E-state index in [1.54, 1.807) is 13.4 Å². The molecule has 74 valence electrons. The molecule has 0 amide bonds. The molecule has 2 rings (SSSR count). The Labute approximate surface area is 83.3 Å². The van der Waals surface area contributed by atoms with Gasteiger partial charge in [0.25, 0.3) is 0 Å². The van der Waals surface area contributed by atoms with Crippen molar-refractivity contribution in [2.24, 2.45) is 0 Å². The second-order valence-corrected chi connectivity index (χ2v) is 3.38. The predicted molar refractivity (Wildman–Crippen MR) is 55.7 cm³/mol. The molecular formula is C11H13NO2. The maximum absolute atomic E-state index is 5.45. The Bertz CT molecular complexity index is 397. The van der Waals surface area contributed by atoms with Crippen LogP contribution in [-0.4, -0.2) is 7.11 Å². The number of nitrogens with one attached hydrogen (secondary N) is 1. The van der Waals surface area contributed by atoms with Crippen LogP contribution in [0.2, 0.25) is 0 Å². The molecule has 3 heteroatoms. The molecule has 1 aliphatic rings. The van der Waals surface area contributed by atoms with Crippen LogP contribution in [0.5, 0.6) is 11.5 Å². The van der Waals surface area contributed by atoms with Gasteiger partial charge in [0, 0.05) is 5.70 Å². The van der Waals surface area contributed by atoms with Gasteiger partial charge in [-0.15, -0.1) is 0 Å². The quantitative estimate of drug-likeness (QED) is 0.740. The molecule has 0 spiro atoms. The van der Waals surface area contributed by atoms with Gasteiger partial charge in [-0.3, -0.25) is 0 Å². The Kier molecular flexibility index (Phi) is 2.08. The molecule has 0 unspecified atom stereocenters. The molecule has 0 saturated carbocycles. The van der Waals surface area contributed by atoms with Gasteiger partial charge in [-0.2, -0.15) is 0 Å². The fourth-order valence-electron chi connectivity index (χ4n) is 1.48. The van der Waals surface area contributed by atoms with Crippen molar-refractivity contribution >= 4 is 5.69 Å². The molecule has 1 aromatic carbocycles. The van der Waals surface area contributed by atoms with Crippen LogP contribution in [0.25, 0.3) is 0 Å². The minimum absolute atomic E-state index is 0.812. The first kappa shape index (κ1) is 8.94. The zero-order valence-electron chi connectivity index (χ0n) is 8.55. The molecule has 1 aromatic rings. The van der Waals surface area contributed by atoms with E-state index in [1.165, 1.54) is 0 Å². The zero-order valence-corrected chi connectivity index (χ0v) is 8.55. The Morgan fingerprint density at radius 3 is 2.79 bits per heavy atom. The van der Waals surface area contributed by atoms with E-state index in [9.17, 15) is 0 Å². The Balaban J connectivity index is 2.51. The molecule has 1 heterocycles. The summed E-state index contributed by atoms with van der Waals surface area (Å²) in [5.41, 5.74) is 2.99. The van der Waals surface area contributed by atoms with Crippen LogP contribution in [0.15, 0.2) is 24.1 Å². The summed E-state index contributed by atoms with van der Waals surface area (Å²) in [6.45, 7) is 3.96. The van der Waals surface area contributed by atoms with Gasteiger partial charge in [0.2, 0.25) is 0 Å².